The van der Waals surface area contributed by atoms with Crippen molar-refractivity contribution in [3.05, 3.63) is 83.4 Å². The van der Waals surface area contributed by atoms with Crippen molar-refractivity contribution < 1.29 is 4.74 Å². The second kappa shape index (κ2) is 8.02. The minimum absolute atomic E-state index is 0.247. The van der Waals surface area contributed by atoms with Gasteiger partial charge in [0.2, 0.25) is 11.9 Å². The number of hydrogen-bond donors (Lipinski definition) is 3. The van der Waals surface area contributed by atoms with Gasteiger partial charge in [0, 0.05) is 17.1 Å². The van der Waals surface area contributed by atoms with Crippen molar-refractivity contribution in [1.29, 1.82) is 0 Å². The molecule has 0 aliphatic carbocycles. The molecule has 4 rings (SSSR count). The number of anilines is 2. The van der Waals surface area contributed by atoms with Crippen LogP contribution in [0.25, 0.3) is 11.1 Å². The first kappa shape index (κ1) is 17.9. The summed E-state index contributed by atoms with van der Waals surface area (Å²) in [6, 6.07) is 23.7. The van der Waals surface area contributed by atoms with Gasteiger partial charge in [-0.3, -0.25) is 0 Å². The number of nitrogens with two attached hydrogens (primary N) is 1. The molecular formula is C21H18ClN5O. The molecule has 0 radical (unpaired) electrons. The van der Waals surface area contributed by atoms with Crippen molar-refractivity contribution in [2.45, 2.75) is 6.54 Å². The Morgan fingerprint density at radius 1 is 0.929 bits per heavy atom. The lowest BCUT2D eigenvalue weighted by molar-refractivity contribution is 0.477. The number of aromatic nitrogens is 3. The number of nitrogens with one attached hydrogen (secondary N) is 2. The third-order valence-corrected chi connectivity index (χ3v) is 4.55. The molecule has 3 aromatic carbocycles. The SMILES string of the molecule is Nc1nc(NCc2c(Cl)cccc2Oc2ccc(-c3ccccc3)cc2)n[nH]1. The minimum Gasteiger partial charge on any atom is -0.457 e. The molecule has 0 amide bonds. The predicted molar refractivity (Wildman–Crippen MR) is 112 cm³/mol. The van der Waals surface area contributed by atoms with E-state index in [0.29, 0.717) is 23.3 Å². The third-order valence-electron chi connectivity index (χ3n) is 4.19. The molecule has 0 aliphatic heterocycles. The lowest BCUT2D eigenvalue weighted by Gasteiger charge is -2.13. The van der Waals surface area contributed by atoms with Crippen LogP contribution in [0, 0.1) is 0 Å². The van der Waals surface area contributed by atoms with Crippen molar-refractivity contribution in [3.63, 3.8) is 0 Å². The average molecular weight is 392 g/mol. The number of hydrogen-bond acceptors (Lipinski definition) is 5. The number of aromatic amines is 1. The van der Waals surface area contributed by atoms with Crippen LogP contribution >= 0.6 is 11.6 Å². The maximum absolute atomic E-state index is 6.38. The fourth-order valence-electron chi connectivity index (χ4n) is 2.80. The summed E-state index contributed by atoms with van der Waals surface area (Å²) in [6.07, 6.45) is 0. The molecule has 0 atom stereocenters. The number of nitrogens with zero attached hydrogens (tertiary/aromatic N) is 2. The van der Waals surface area contributed by atoms with E-state index in [9.17, 15) is 0 Å². The van der Waals surface area contributed by atoms with Crippen molar-refractivity contribution in [2.75, 3.05) is 11.1 Å². The van der Waals surface area contributed by atoms with Crippen LogP contribution in [0.15, 0.2) is 72.8 Å². The maximum atomic E-state index is 6.38. The van der Waals surface area contributed by atoms with Gasteiger partial charge in [-0.05, 0) is 35.4 Å². The monoisotopic (exact) mass is 391 g/mol. The first-order valence-electron chi connectivity index (χ1n) is 8.71. The Morgan fingerprint density at radius 3 is 2.39 bits per heavy atom. The molecule has 0 bridgehead atoms. The number of H-pyrrole nitrogens is 1. The van der Waals surface area contributed by atoms with E-state index in [1.54, 1.807) is 0 Å². The Hall–Kier alpha value is -3.51. The number of benzene rings is 3. The van der Waals surface area contributed by atoms with Crippen LogP contribution in [0.5, 0.6) is 11.5 Å². The summed E-state index contributed by atoms with van der Waals surface area (Å²) in [7, 11) is 0. The fourth-order valence-corrected chi connectivity index (χ4v) is 3.03. The van der Waals surface area contributed by atoms with E-state index >= 15 is 0 Å². The highest BCUT2D eigenvalue weighted by Gasteiger charge is 2.11. The van der Waals surface area contributed by atoms with Crippen LogP contribution in [0.2, 0.25) is 5.02 Å². The summed E-state index contributed by atoms with van der Waals surface area (Å²) < 4.78 is 6.08. The van der Waals surface area contributed by atoms with Crippen LogP contribution in [0.3, 0.4) is 0 Å². The van der Waals surface area contributed by atoms with Gasteiger partial charge >= 0.3 is 0 Å². The van der Waals surface area contributed by atoms with Crippen molar-refractivity contribution in [1.82, 2.24) is 15.2 Å². The normalized spacial score (nSPS) is 10.6. The summed E-state index contributed by atoms with van der Waals surface area (Å²) in [6.45, 7) is 0.397. The molecular weight excluding hydrogens is 374 g/mol. The smallest absolute Gasteiger partial charge is 0.243 e. The van der Waals surface area contributed by atoms with Gasteiger partial charge in [0.25, 0.3) is 0 Å². The summed E-state index contributed by atoms with van der Waals surface area (Å²) in [4.78, 5) is 4.02. The molecule has 7 heteroatoms. The largest absolute Gasteiger partial charge is 0.457 e. The molecule has 0 saturated heterocycles. The summed E-state index contributed by atoms with van der Waals surface area (Å²) in [5, 5.41) is 10.2. The molecule has 140 valence electrons. The number of rotatable bonds is 6. The molecule has 28 heavy (non-hydrogen) atoms. The molecule has 0 unspecified atom stereocenters. The summed E-state index contributed by atoms with van der Waals surface area (Å²) in [5.41, 5.74) is 8.64. The topological polar surface area (TPSA) is 88.8 Å². The highest BCUT2D eigenvalue weighted by molar-refractivity contribution is 6.31. The Kier molecular flexibility index (Phi) is 5.12. The molecule has 4 N–H and O–H groups in total. The van der Waals surface area contributed by atoms with Crippen molar-refractivity contribution >= 4 is 23.5 Å². The minimum atomic E-state index is 0.247. The fraction of sp³-hybridized carbons (Fsp3) is 0.0476. The first-order chi connectivity index (χ1) is 13.7. The van der Waals surface area contributed by atoms with E-state index in [1.807, 2.05) is 60.7 Å². The Morgan fingerprint density at radius 2 is 1.68 bits per heavy atom. The van der Waals surface area contributed by atoms with E-state index in [-0.39, 0.29) is 5.95 Å². The summed E-state index contributed by atoms with van der Waals surface area (Å²) >= 11 is 6.38. The van der Waals surface area contributed by atoms with Crippen LogP contribution < -0.4 is 15.8 Å². The van der Waals surface area contributed by atoms with Crippen LogP contribution in [0.1, 0.15) is 5.56 Å². The molecule has 0 spiro atoms. The Balaban J connectivity index is 1.52. The number of ether oxygens (including phenoxy) is 1. The molecule has 6 nitrogen and oxygen atoms in total. The number of halogens is 1. The van der Waals surface area contributed by atoms with Gasteiger partial charge in [-0.1, -0.05) is 60.1 Å². The lowest BCUT2D eigenvalue weighted by Crippen LogP contribution is -2.03. The second-order valence-corrected chi connectivity index (χ2v) is 6.51. The maximum Gasteiger partial charge on any atom is 0.243 e. The molecule has 0 fully saturated rings. The van der Waals surface area contributed by atoms with E-state index in [0.717, 1.165) is 22.4 Å². The molecule has 0 saturated carbocycles. The zero-order valence-corrected chi connectivity index (χ0v) is 15.6. The molecule has 0 aliphatic rings. The third kappa shape index (κ3) is 4.07. The van der Waals surface area contributed by atoms with Gasteiger partial charge in [-0.25, -0.2) is 5.10 Å². The van der Waals surface area contributed by atoms with Crippen LogP contribution in [0.4, 0.5) is 11.9 Å². The van der Waals surface area contributed by atoms with E-state index in [2.05, 4.69) is 32.6 Å². The highest BCUT2D eigenvalue weighted by atomic mass is 35.5. The zero-order valence-electron chi connectivity index (χ0n) is 14.9. The average Bonchev–Trinajstić information content (AvgIpc) is 3.14. The number of nitrogen functional groups attached to an aromatic ring is 1. The van der Waals surface area contributed by atoms with Crippen LogP contribution in [-0.4, -0.2) is 15.2 Å². The van der Waals surface area contributed by atoms with Gasteiger partial charge in [0.1, 0.15) is 11.5 Å². The quantitative estimate of drug-likeness (QED) is 0.425. The molecule has 1 aromatic heterocycles. The molecule has 4 aromatic rings. The summed E-state index contributed by atoms with van der Waals surface area (Å²) in [5.74, 6) is 2.04. The Bertz CT molecular complexity index is 1060. The Labute approximate surface area is 167 Å². The van der Waals surface area contributed by atoms with Crippen molar-refractivity contribution in [2.24, 2.45) is 0 Å². The van der Waals surface area contributed by atoms with E-state index in [1.165, 1.54) is 0 Å². The van der Waals surface area contributed by atoms with Crippen molar-refractivity contribution in [3.8, 4) is 22.6 Å². The zero-order chi connectivity index (χ0) is 19.3. The van der Waals surface area contributed by atoms with Gasteiger partial charge in [-0.15, -0.1) is 5.10 Å². The van der Waals surface area contributed by atoms with Gasteiger partial charge < -0.3 is 15.8 Å². The standard InChI is InChI=1S/C21H18ClN5O/c22-18-7-4-8-19(17(18)13-24-21-25-20(23)26-27-21)28-16-11-9-15(10-12-16)14-5-2-1-3-6-14/h1-12H,13H2,(H4,23,24,25,26,27). The highest BCUT2D eigenvalue weighted by Crippen LogP contribution is 2.32. The van der Waals surface area contributed by atoms with Gasteiger partial charge in [0.05, 0.1) is 0 Å². The molecule has 1 heterocycles. The van der Waals surface area contributed by atoms with Gasteiger partial charge in [-0.2, -0.15) is 4.98 Å². The van der Waals surface area contributed by atoms with E-state index in [4.69, 9.17) is 22.1 Å². The first-order valence-corrected chi connectivity index (χ1v) is 9.09. The van der Waals surface area contributed by atoms with E-state index < -0.39 is 0 Å². The van der Waals surface area contributed by atoms with Crippen LogP contribution in [-0.2, 0) is 6.54 Å². The predicted octanol–water partition coefficient (Wildman–Crippen LogP) is 5.11. The second-order valence-electron chi connectivity index (χ2n) is 6.11. The van der Waals surface area contributed by atoms with Gasteiger partial charge in [0.15, 0.2) is 0 Å². The lowest BCUT2D eigenvalue weighted by atomic mass is 10.1.